The van der Waals surface area contributed by atoms with Crippen LogP contribution in [-0.2, 0) is 9.59 Å². The molecule has 1 fully saturated rings. The summed E-state index contributed by atoms with van der Waals surface area (Å²) in [6, 6.07) is 10.7. The SMILES string of the molecule is COc1ccc([C@@H]2C(=C(O)c3ccc(Cl)cc3)C(=O)C(=O)N2C)c(OC)c1. The lowest BCUT2D eigenvalue weighted by atomic mass is 9.94. The van der Waals surface area contributed by atoms with Crippen molar-refractivity contribution in [1.29, 1.82) is 0 Å². The van der Waals surface area contributed by atoms with E-state index in [9.17, 15) is 14.7 Å². The number of benzene rings is 2. The number of ether oxygens (including phenoxy) is 2. The van der Waals surface area contributed by atoms with Crippen LogP contribution in [0.1, 0.15) is 17.2 Å². The molecule has 7 heteroatoms. The number of carbonyl (C=O) groups excluding carboxylic acids is 2. The lowest BCUT2D eigenvalue weighted by molar-refractivity contribution is -0.139. The summed E-state index contributed by atoms with van der Waals surface area (Å²) in [6.07, 6.45) is 0. The highest BCUT2D eigenvalue weighted by molar-refractivity contribution is 6.46. The number of likely N-dealkylation sites (N-methyl/N-ethyl adjacent to an activating group) is 1. The standard InChI is InChI=1S/C20H18ClNO5/c1-22-17(14-9-8-13(26-2)10-15(14)27-3)16(19(24)20(22)25)18(23)11-4-6-12(21)7-5-11/h4-10,17,23H,1-3H3/t17-/m1/s1. The third-order valence-electron chi connectivity index (χ3n) is 4.53. The summed E-state index contributed by atoms with van der Waals surface area (Å²) in [5.74, 6) is -0.713. The summed E-state index contributed by atoms with van der Waals surface area (Å²) in [7, 11) is 4.52. The van der Waals surface area contributed by atoms with Gasteiger partial charge in [0.15, 0.2) is 0 Å². The zero-order chi connectivity index (χ0) is 19.7. The maximum absolute atomic E-state index is 12.6. The van der Waals surface area contributed by atoms with Gasteiger partial charge in [-0.25, -0.2) is 0 Å². The third kappa shape index (κ3) is 3.24. The second kappa shape index (κ2) is 7.32. The van der Waals surface area contributed by atoms with Gasteiger partial charge in [0.1, 0.15) is 17.3 Å². The van der Waals surface area contributed by atoms with E-state index in [1.165, 1.54) is 26.2 Å². The van der Waals surface area contributed by atoms with Crippen molar-refractivity contribution in [3.8, 4) is 11.5 Å². The summed E-state index contributed by atoms with van der Waals surface area (Å²) in [5.41, 5.74) is 0.951. The fraction of sp³-hybridized carbons (Fsp3) is 0.200. The second-order valence-electron chi connectivity index (χ2n) is 6.02. The van der Waals surface area contributed by atoms with Crippen molar-refractivity contribution in [3.05, 3.63) is 64.2 Å². The van der Waals surface area contributed by atoms with Crippen LogP contribution in [0.5, 0.6) is 11.5 Å². The normalized spacial score (nSPS) is 18.7. The van der Waals surface area contributed by atoms with Crippen molar-refractivity contribution in [3.63, 3.8) is 0 Å². The van der Waals surface area contributed by atoms with Gasteiger partial charge in [-0.15, -0.1) is 0 Å². The molecule has 27 heavy (non-hydrogen) atoms. The molecule has 2 aromatic carbocycles. The lowest BCUT2D eigenvalue weighted by Gasteiger charge is -2.23. The Morgan fingerprint density at radius 1 is 1.07 bits per heavy atom. The van der Waals surface area contributed by atoms with E-state index in [2.05, 4.69) is 0 Å². The molecule has 1 aliphatic heterocycles. The first-order valence-electron chi connectivity index (χ1n) is 8.11. The Morgan fingerprint density at radius 2 is 1.74 bits per heavy atom. The van der Waals surface area contributed by atoms with Gasteiger partial charge in [0.25, 0.3) is 11.7 Å². The van der Waals surface area contributed by atoms with Crippen LogP contribution >= 0.6 is 11.6 Å². The Labute approximate surface area is 161 Å². The summed E-state index contributed by atoms with van der Waals surface area (Å²) in [4.78, 5) is 26.2. The Kier molecular flexibility index (Phi) is 5.10. The van der Waals surface area contributed by atoms with E-state index in [4.69, 9.17) is 21.1 Å². The van der Waals surface area contributed by atoms with E-state index >= 15 is 0 Å². The van der Waals surface area contributed by atoms with Crippen LogP contribution in [0.15, 0.2) is 48.0 Å². The number of Topliss-reactive ketones (excluding diaryl/α,β-unsaturated/α-hetero) is 1. The Morgan fingerprint density at radius 3 is 2.33 bits per heavy atom. The molecule has 0 aromatic heterocycles. The van der Waals surface area contributed by atoms with Crippen molar-refractivity contribution in [2.45, 2.75) is 6.04 Å². The first-order valence-corrected chi connectivity index (χ1v) is 8.49. The van der Waals surface area contributed by atoms with Gasteiger partial charge in [-0.2, -0.15) is 0 Å². The van der Waals surface area contributed by atoms with Gasteiger partial charge in [-0.05, 0) is 36.4 Å². The quantitative estimate of drug-likeness (QED) is 0.494. The molecule has 0 bridgehead atoms. The molecule has 1 aliphatic rings. The van der Waals surface area contributed by atoms with Crippen molar-refractivity contribution in [2.24, 2.45) is 0 Å². The van der Waals surface area contributed by atoms with Crippen LogP contribution in [0.4, 0.5) is 0 Å². The monoisotopic (exact) mass is 387 g/mol. The molecule has 140 valence electrons. The Bertz CT molecular complexity index is 936. The van der Waals surface area contributed by atoms with Gasteiger partial charge in [0.2, 0.25) is 0 Å². The number of ketones is 1. The molecular weight excluding hydrogens is 370 g/mol. The largest absolute Gasteiger partial charge is 0.507 e. The molecule has 0 saturated carbocycles. The number of aliphatic hydroxyl groups is 1. The van der Waals surface area contributed by atoms with E-state index in [0.717, 1.165) is 0 Å². The molecule has 6 nitrogen and oxygen atoms in total. The summed E-state index contributed by atoms with van der Waals surface area (Å²) in [6.45, 7) is 0. The molecule has 1 atom stereocenters. The van der Waals surface area contributed by atoms with Crippen LogP contribution < -0.4 is 9.47 Å². The second-order valence-corrected chi connectivity index (χ2v) is 6.46. The number of amides is 1. The molecular formula is C20H18ClNO5. The molecule has 1 saturated heterocycles. The first kappa shape index (κ1) is 18.8. The van der Waals surface area contributed by atoms with Crippen molar-refractivity contribution < 1.29 is 24.2 Å². The molecule has 0 aliphatic carbocycles. The summed E-state index contributed by atoms with van der Waals surface area (Å²) in [5, 5.41) is 11.3. The van der Waals surface area contributed by atoms with Crippen molar-refractivity contribution >= 4 is 29.1 Å². The predicted octanol–water partition coefficient (Wildman–Crippen LogP) is 3.41. The maximum atomic E-state index is 12.6. The minimum atomic E-state index is -0.790. The van der Waals surface area contributed by atoms with E-state index in [-0.39, 0.29) is 11.3 Å². The summed E-state index contributed by atoms with van der Waals surface area (Å²) >= 11 is 5.89. The van der Waals surface area contributed by atoms with E-state index in [0.29, 0.717) is 27.6 Å². The number of hydrogen-bond donors (Lipinski definition) is 1. The van der Waals surface area contributed by atoms with Gasteiger partial charge in [0, 0.05) is 29.3 Å². The number of methoxy groups -OCH3 is 2. The topological polar surface area (TPSA) is 76.1 Å². The maximum Gasteiger partial charge on any atom is 0.295 e. The number of carbonyl (C=O) groups is 2. The Hall–Kier alpha value is -2.99. The third-order valence-corrected chi connectivity index (χ3v) is 4.78. The highest BCUT2D eigenvalue weighted by Gasteiger charge is 2.45. The fourth-order valence-corrected chi connectivity index (χ4v) is 3.25. The van der Waals surface area contributed by atoms with Crippen LogP contribution in [0.25, 0.3) is 5.76 Å². The van der Waals surface area contributed by atoms with Gasteiger partial charge < -0.3 is 19.5 Å². The fourth-order valence-electron chi connectivity index (χ4n) is 3.12. The van der Waals surface area contributed by atoms with E-state index < -0.39 is 17.7 Å². The average molecular weight is 388 g/mol. The number of likely N-dealkylation sites (tertiary alicyclic amines) is 1. The highest BCUT2D eigenvalue weighted by atomic mass is 35.5. The number of halogens is 1. The van der Waals surface area contributed by atoms with E-state index in [1.54, 1.807) is 42.5 Å². The molecule has 0 spiro atoms. The van der Waals surface area contributed by atoms with Crippen molar-refractivity contribution in [1.82, 2.24) is 4.90 Å². The van der Waals surface area contributed by atoms with Gasteiger partial charge in [-0.3, -0.25) is 9.59 Å². The first-order chi connectivity index (χ1) is 12.9. The van der Waals surface area contributed by atoms with E-state index in [1.807, 2.05) is 0 Å². The van der Waals surface area contributed by atoms with Gasteiger partial charge in [-0.1, -0.05) is 11.6 Å². The smallest absolute Gasteiger partial charge is 0.295 e. The molecule has 1 N–H and O–H groups in total. The lowest BCUT2D eigenvalue weighted by Crippen LogP contribution is -2.25. The number of hydrogen-bond acceptors (Lipinski definition) is 5. The van der Waals surface area contributed by atoms with Crippen molar-refractivity contribution in [2.75, 3.05) is 21.3 Å². The summed E-state index contributed by atoms with van der Waals surface area (Å²) < 4.78 is 10.6. The highest BCUT2D eigenvalue weighted by Crippen LogP contribution is 2.42. The predicted molar refractivity (Wildman–Crippen MR) is 101 cm³/mol. The Balaban J connectivity index is 2.20. The molecule has 1 amide bonds. The minimum absolute atomic E-state index is 0.00621. The number of nitrogens with zero attached hydrogens (tertiary/aromatic N) is 1. The van der Waals surface area contributed by atoms with Crippen LogP contribution in [0.3, 0.4) is 0 Å². The molecule has 1 heterocycles. The van der Waals surface area contributed by atoms with Crippen LogP contribution in [0, 0.1) is 0 Å². The minimum Gasteiger partial charge on any atom is -0.507 e. The van der Waals surface area contributed by atoms with Gasteiger partial charge in [0.05, 0.1) is 25.8 Å². The number of rotatable bonds is 4. The van der Waals surface area contributed by atoms with Gasteiger partial charge >= 0.3 is 0 Å². The molecule has 3 rings (SSSR count). The average Bonchev–Trinajstić information content (AvgIpc) is 2.91. The zero-order valence-corrected chi connectivity index (χ0v) is 15.8. The zero-order valence-electron chi connectivity index (χ0n) is 15.0. The molecule has 0 radical (unpaired) electrons. The number of aliphatic hydroxyl groups excluding tert-OH is 1. The van der Waals surface area contributed by atoms with Crippen LogP contribution in [0.2, 0.25) is 5.02 Å². The molecule has 0 unspecified atom stereocenters. The molecule has 2 aromatic rings. The van der Waals surface area contributed by atoms with Crippen LogP contribution in [-0.4, -0.2) is 43.0 Å².